The van der Waals surface area contributed by atoms with Gasteiger partial charge in [0.25, 0.3) is 5.91 Å². The van der Waals surface area contributed by atoms with E-state index in [2.05, 4.69) is 12.6 Å². The Balaban J connectivity index is 2.22. The van der Waals surface area contributed by atoms with Gasteiger partial charge in [-0.3, -0.25) is 4.79 Å². The van der Waals surface area contributed by atoms with Crippen LogP contribution in [0.4, 0.5) is 0 Å². The van der Waals surface area contributed by atoms with E-state index in [-0.39, 0.29) is 5.91 Å². The first-order valence-electron chi connectivity index (χ1n) is 5.04. The standard InChI is InChI=1S/C11H12ClNO2S/c12-10-2-1-8(16)7-9(10)11(14)13-3-5-15-6-4-13/h1-2,7,16H,3-6H2. The molecule has 3 nitrogen and oxygen atoms in total. The van der Waals surface area contributed by atoms with Gasteiger partial charge in [-0.1, -0.05) is 11.6 Å². The van der Waals surface area contributed by atoms with Crippen LogP contribution in [-0.4, -0.2) is 37.1 Å². The van der Waals surface area contributed by atoms with Gasteiger partial charge in [-0.2, -0.15) is 0 Å². The highest BCUT2D eigenvalue weighted by Crippen LogP contribution is 2.21. The summed E-state index contributed by atoms with van der Waals surface area (Å²) in [6.07, 6.45) is 0. The van der Waals surface area contributed by atoms with Crippen LogP contribution in [0.15, 0.2) is 23.1 Å². The van der Waals surface area contributed by atoms with Crippen LogP contribution in [0.5, 0.6) is 0 Å². The first kappa shape index (κ1) is 11.8. The number of rotatable bonds is 1. The van der Waals surface area contributed by atoms with Crippen LogP contribution in [0.1, 0.15) is 10.4 Å². The summed E-state index contributed by atoms with van der Waals surface area (Å²) in [6, 6.07) is 5.16. The van der Waals surface area contributed by atoms with Crippen molar-refractivity contribution in [3.05, 3.63) is 28.8 Å². The molecule has 0 aliphatic carbocycles. The van der Waals surface area contributed by atoms with Gasteiger partial charge in [0.15, 0.2) is 0 Å². The van der Waals surface area contributed by atoms with Gasteiger partial charge in [0, 0.05) is 18.0 Å². The first-order chi connectivity index (χ1) is 7.68. The van der Waals surface area contributed by atoms with E-state index >= 15 is 0 Å². The molecule has 0 N–H and O–H groups in total. The zero-order valence-corrected chi connectivity index (χ0v) is 10.3. The lowest BCUT2D eigenvalue weighted by Crippen LogP contribution is -2.40. The highest BCUT2D eigenvalue weighted by molar-refractivity contribution is 7.80. The van der Waals surface area contributed by atoms with E-state index < -0.39 is 0 Å². The van der Waals surface area contributed by atoms with Crippen molar-refractivity contribution < 1.29 is 9.53 Å². The minimum Gasteiger partial charge on any atom is -0.378 e. The van der Waals surface area contributed by atoms with E-state index in [4.69, 9.17) is 16.3 Å². The molecule has 0 spiro atoms. The van der Waals surface area contributed by atoms with Crippen molar-refractivity contribution in [2.75, 3.05) is 26.3 Å². The maximum atomic E-state index is 12.1. The molecule has 1 fully saturated rings. The monoisotopic (exact) mass is 257 g/mol. The quantitative estimate of drug-likeness (QED) is 0.781. The number of thiol groups is 1. The number of benzene rings is 1. The third-order valence-electron chi connectivity index (χ3n) is 2.48. The zero-order valence-electron chi connectivity index (χ0n) is 8.65. The summed E-state index contributed by atoms with van der Waals surface area (Å²) >= 11 is 10.2. The molecule has 2 rings (SSSR count). The van der Waals surface area contributed by atoms with Gasteiger partial charge in [-0.15, -0.1) is 12.6 Å². The number of morpholine rings is 1. The van der Waals surface area contributed by atoms with Gasteiger partial charge in [-0.25, -0.2) is 0 Å². The molecule has 16 heavy (non-hydrogen) atoms. The van der Waals surface area contributed by atoms with Crippen molar-refractivity contribution in [1.82, 2.24) is 4.90 Å². The number of carbonyl (C=O) groups is 1. The molecule has 1 aromatic carbocycles. The van der Waals surface area contributed by atoms with E-state index in [0.717, 1.165) is 4.90 Å². The Hall–Kier alpha value is -0.710. The fourth-order valence-electron chi connectivity index (χ4n) is 1.61. The maximum absolute atomic E-state index is 12.1. The molecule has 5 heteroatoms. The molecule has 0 aromatic heterocycles. The molecule has 1 heterocycles. The lowest BCUT2D eigenvalue weighted by atomic mass is 10.2. The second-order valence-corrected chi connectivity index (χ2v) is 4.49. The second kappa shape index (κ2) is 5.08. The summed E-state index contributed by atoms with van der Waals surface area (Å²) in [6.45, 7) is 2.41. The highest BCUT2D eigenvalue weighted by atomic mass is 35.5. The van der Waals surface area contributed by atoms with E-state index in [1.807, 2.05) is 0 Å². The summed E-state index contributed by atoms with van der Waals surface area (Å²) in [5, 5.41) is 0.467. The van der Waals surface area contributed by atoms with Gasteiger partial charge < -0.3 is 9.64 Å². The van der Waals surface area contributed by atoms with E-state index in [1.165, 1.54) is 0 Å². The molecule has 86 valence electrons. The Morgan fingerprint density at radius 1 is 1.38 bits per heavy atom. The molecule has 0 saturated carbocycles. The Bertz CT molecular complexity index is 405. The topological polar surface area (TPSA) is 29.5 Å². The van der Waals surface area contributed by atoms with Crippen molar-refractivity contribution >= 4 is 30.1 Å². The largest absolute Gasteiger partial charge is 0.378 e. The fourth-order valence-corrected chi connectivity index (χ4v) is 2.02. The van der Waals surface area contributed by atoms with E-state index in [0.29, 0.717) is 36.9 Å². The molecule has 1 aliphatic rings. The van der Waals surface area contributed by atoms with Crippen molar-refractivity contribution in [2.24, 2.45) is 0 Å². The number of nitrogens with zero attached hydrogens (tertiary/aromatic N) is 1. The maximum Gasteiger partial charge on any atom is 0.255 e. The Morgan fingerprint density at radius 3 is 2.75 bits per heavy atom. The predicted octanol–water partition coefficient (Wildman–Crippen LogP) is 2.10. The molecule has 0 radical (unpaired) electrons. The van der Waals surface area contributed by atoms with E-state index in [9.17, 15) is 4.79 Å². The number of halogens is 1. The average molecular weight is 258 g/mol. The van der Waals surface area contributed by atoms with Crippen LogP contribution < -0.4 is 0 Å². The minimum absolute atomic E-state index is 0.0517. The number of hydrogen-bond acceptors (Lipinski definition) is 3. The molecular weight excluding hydrogens is 246 g/mol. The van der Waals surface area contributed by atoms with Gasteiger partial charge in [0.2, 0.25) is 0 Å². The second-order valence-electron chi connectivity index (χ2n) is 3.57. The van der Waals surface area contributed by atoms with Crippen LogP contribution >= 0.6 is 24.2 Å². The van der Waals surface area contributed by atoms with Crippen LogP contribution in [0.2, 0.25) is 5.02 Å². The van der Waals surface area contributed by atoms with Crippen LogP contribution in [-0.2, 0) is 4.74 Å². The van der Waals surface area contributed by atoms with Gasteiger partial charge in [0.1, 0.15) is 0 Å². The minimum atomic E-state index is -0.0517. The van der Waals surface area contributed by atoms with Crippen molar-refractivity contribution in [3.63, 3.8) is 0 Å². The molecule has 1 amide bonds. The summed E-state index contributed by atoms with van der Waals surface area (Å²) in [4.78, 5) is 14.6. The molecule has 1 saturated heterocycles. The molecule has 1 aromatic rings. The smallest absolute Gasteiger partial charge is 0.255 e. The normalized spacial score (nSPS) is 16.2. The predicted molar refractivity (Wildman–Crippen MR) is 65.4 cm³/mol. The third kappa shape index (κ3) is 2.51. The van der Waals surface area contributed by atoms with Gasteiger partial charge >= 0.3 is 0 Å². The first-order valence-corrected chi connectivity index (χ1v) is 5.86. The highest BCUT2D eigenvalue weighted by Gasteiger charge is 2.20. The molecule has 1 aliphatic heterocycles. The summed E-state index contributed by atoms with van der Waals surface area (Å²) in [5.41, 5.74) is 0.510. The van der Waals surface area contributed by atoms with Gasteiger partial charge in [0.05, 0.1) is 23.8 Å². The molecule has 0 unspecified atom stereocenters. The molecular formula is C11H12ClNO2S. The van der Waals surface area contributed by atoms with Crippen LogP contribution in [0.3, 0.4) is 0 Å². The zero-order chi connectivity index (χ0) is 11.5. The van der Waals surface area contributed by atoms with Gasteiger partial charge in [-0.05, 0) is 18.2 Å². The van der Waals surface area contributed by atoms with Crippen molar-refractivity contribution in [2.45, 2.75) is 4.90 Å². The summed E-state index contributed by atoms with van der Waals surface area (Å²) in [5.74, 6) is -0.0517. The Kier molecular flexibility index (Phi) is 3.74. The number of amides is 1. The Labute approximate surface area is 105 Å². The summed E-state index contributed by atoms with van der Waals surface area (Å²) < 4.78 is 5.20. The Morgan fingerprint density at radius 2 is 2.06 bits per heavy atom. The van der Waals surface area contributed by atoms with Crippen LogP contribution in [0.25, 0.3) is 0 Å². The van der Waals surface area contributed by atoms with Crippen LogP contribution in [0, 0.1) is 0 Å². The number of ether oxygens (including phenoxy) is 1. The number of carbonyl (C=O) groups excluding carboxylic acids is 1. The number of hydrogen-bond donors (Lipinski definition) is 1. The van der Waals surface area contributed by atoms with E-state index in [1.54, 1.807) is 23.1 Å². The fraction of sp³-hybridized carbons (Fsp3) is 0.364. The average Bonchev–Trinajstić information content (AvgIpc) is 2.32. The molecule has 0 bridgehead atoms. The SMILES string of the molecule is O=C(c1cc(S)ccc1Cl)N1CCOCC1. The van der Waals surface area contributed by atoms with Crippen molar-refractivity contribution in [1.29, 1.82) is 0 Å². The van der Waals surface area contributed by atoms with Crippen molar-refractivity contribution in [3.8, 4) is 0 Å². The lowest BCUT2D eigenvalue weighted by Gasteiger charge is -2.27. The lowest BCUT2D eigenvalue weighted by molar-refractivity contribution is 0.0303. The molecule has 0 atom stereocenters. The third-order valence-corrected chi connectivity index (χ3v) is 3.09. The summed E-state index contributed by atoms with van der Waals surface area (Å²) in [7, 11) is 0.